The molecule has 4 rings (SSSR count). The Hall–Kier alpha value is -2.22. The van der Waals surface area contributed by atoms with E-state index in [-0.39, 0.29) is 17.9 Å². The molecule has 0 radical (unpaired) electrons. The van der Waals surface area contributed by atoms with Crippen molar-refractivity contribution >= 4 is 23.4 Å². The average Bonchev–Trinajstić information content (AvgIpc) is 3.06. The predicted octanol–water partition coefficient (Wildman–Crippen LogP) is 3.34. The molecule has 6 nitrogen and oxygen atoms in total. The van der Waals surface area contributed by atoms with Crippen LogP contribution in [0.2, 0.25) is 0 Å². The van der Waals surface area contributed by atoms with E-state index in [1.807, 2.05) is 30.5 Å². The van der Waals surface area contributed by atoms with Gasteiger partial charge in [0, 0.05) is 17.2 Å². The fourth-order valence-corrected chi connectivity index (χ4v) is 3.37. The van der Waals surface area contributed by atoms with Crippen molar-refractivity contribution in [1.82, 2.24) is 19.9 Å². The van der Waals surface area contributed by atoms with E-state index in [1.165, 1.54) is 0 Å². The highest BCUT2D eigenvalue weighted by molar-refractivity contribution is 5.85. The van der Waals surface area contributed by atoms with Crippen LogP contribution in [-0.4, -0.2) is 52.3 Å². The summed E-state index contributed by atoms with van der Waals surface area (Å²) in [4.78, 5) is 15.0. The second kappa shape index (κ2) is 9.12. The zero-order valence-electron chi connectivity index (χ0n) is 15.1. The quantitative estimate of drug-likeness (QED) is 0.735. The Kier molecular flexibility index (Phi) is 7.12. The first kappa shape index (κ1) is 21.1. The van der Waals surface area contributed by atoms with Crippen LogP contribution in [0.3, 0.4) is 0 Å². The lowest BCUT2D eigenvalue weighted by Crippen LogP contribution is -2.29. The normalized spacial score (nSPS) is 15.2. The first-order valence-corrected chi connectivity index (χ1v) is 8.56. The molecule has 1 aromatic carbocycles. The van der Waals surface area contributed by atoms with Crippen LogP contribution in [0.1, 0.15) is 24.6 Å². The fraction of sp³-hybridized carbons (Fsp3) is 0.368. The molecule has 0 amide bonds. The number of likely N-dealkylation sites (tertiary alicyclic amines) is 1. The monoisotopic (exact) mass is 394 g/mol. The van der Waals surface area contributed by atoms with Gasteiger partial charge in [-0.2, -0.15) is 0 Å². The maximum atomic E-state index is 12.4. The van der Waals surface area contributed by atoms with E-state index in [4.69, 9.17) is 9.72 Å². The zero-order chi connectivity index (χ0) is 17.2. The third-order valence-corrected chi connectivity index (χ3v) is 4.84. The summed E-state index contributed by atoms with van der Waals surface area (Å²) in [5, 5.41) is 0. The van der Waals surface area contributed by atoms with Gasteiger partial charge in [-0.1, -0.05) is 12.1 Å². The van der Waals surface area contributed by atoms with Gasteiger partial charge in [-0.3, -0.25) is 0 Å². The van der Waals surface area contributed by atoms with Crippen molar-refractivity contribution in [2.75, 3.05) is 27.0 Å². The summed E-state index contributed by atoms with van der Waals surface area (Å²) in [6, 6.07) is 9.38. The molecule has 1 saturated heterocycles. The van der Waals surface area contributed by atoms with Crippen LogP contribution in [-0.2, 0) is 0 Å². The van der Waals surface area contributed by atoms with Crippen molar-refractivity contribution in [1.29, 1.82) is 0 Å². The largest absolute Gasteiger partial charge is 0.463 e. The molecule has 0 spiro atoms. The molecule has 1 aliphatic rings. The summed E-state index contributed by atoms with van der Waals surface area (Å²) in [6.45, 7) is 1.35. The van der Waals surface area contributed by atoms with Crippen molar-refractivity contribution in [3.63, 3.8) is 0 Å². The molecular weight excluding hydrogens is 371 g/mol. The van der Waals surface area contributed by atoms with Crippen molar-refractivity contribution < 1.29 is 14.6 Å². The zero-order valence-corrected chi connectivity index (χ0v) is 15.9. The van der Waals surface area contributed by atoms with Gasteiger partial charge in [-0.05, 0) is 51.2 Å². The lowest BCUT2D eigenvalue weighted by Gasteiger charge is -2.27. The summed E-state index contributed by atoms with van der Waals surface area (Å²) in [5.41, 5.74) is 3.68. The van der Waals surface area contributed by atoms with E-state index < -0.39 is 6.86 Å². The maximum Gasteiger partial charge on any atom is 0.228 e. The van der Waals surface area contributed by atoms with E-state index in [9.17, 15) is 4.39 Å². The Morgan fingerprint density at radius 2 is 2.04 bits per heavy atom. The minimum atomic E-state index is -0.832. The summed E-state index contributed by atoms with van der Waals surface area (Å²) in [5.74, 6) is 1.87. The minimum absolute atomic E-state index is 0. The Balaban J connectivity index is 0.00000131. The summed E-state index contributed by atoms with van der Waals surface area (Å²) < 4.78 is 17.3. The van der Waals surface area contributed by atoms with Gasteiger partial charge in [-0.15, -0.1) is 12.4 Å². The number of nitrogens with zero attached hydrogens (tertiary/aromatic N) is 3. The van der Waals surface area contributed by atoms with Crippen LogP contribution >= 0.6 is 12.4 Å². The van der Waals surface area contributed by atoms with Gasteiger partial charge < -0.3 is 20.1 Å². The van der Waals surface area contributed by atoms with Crippen LogP contribution in [0.25, 0.3) is 22.3 Å². The van der Waals surface area contributed by atoms with Crippen LogP contribution in [0, 0.1) is 0 Å². The number of hydrogen-bond acceptors (Lipinski definition) is 4. The van der Waals surface area contributed by atoms with Gasteiger partial charge in [0.15, 0.2) is 0 Å². The number of ether oxygens (including phenoxy) is 1. The molecule has 0 unspecified atom stereocenters. The van der Waals surface area contributed by atoms with Crippen LogP contribution < -0.4 is 4.74 Å². The smallest absolute Gasteiger partial charge is 0.228 e. The molecule has 0 saturated carbocycles. The van der Waals surface area contributed by atoms with Crippen LogP contribution in [0.5, 0.6) is 5.75 Å². The summed E-state index contributed by atoms with van der Waals surface area (Å²) in [6.07, 6.45) is 4.06. The van der Waals surface area contributed by atoms with E-state index in [1.54, 1.807) is 6.07 Å². The second-order valence-corrected chi connectivity index (χ2v) is 6.57. The van der Waals surface area contributed by atoms with Crippen molar-refractivity contribution in [2.24, 2.45) is 0 Å². The maximum absolute atomic E-state index is 12.4. The Labute approximate surface area is 163 Å². The highest BCUT2D eigenvalue weighted by Gasteiger charge is 2.21. The van der Waals surface area contributed by atoms with Crippen molar-refractivity contribution in [3.05, 3.63) is 42.4 Å². The third kappa shape index (κ3) is 4.55. The molecule has 0 atom stereocenters. The van der Waals surface area contributed by atoms with E-state index in [2.05, 4.69) is 21.9 Å². The molecule has 3 N–H and O–H groups in total. The van der Waals surface area contributed by atoms with Gasteiger partial charge in [-0.25, -0.2) is 14.4 Å². The fourth-order valence-electron chi connectivity index (χ4n) is 3.37. The highest BCUT2D eigenvalue weighted by atomic mass is 35.5. The SMILES string of the molecule is CN1CCC(c2ncc3[nH]c(-c4cccc(OCF)c4)cc3n2)CC1.Cl.O. The molecule has 1 fully saturated rings. The number of alkyl halides is 1. The van der Waals surface area contributed by atoms with Crippen molar-refractivity contribution in [3.8, 4) is 17.0 Å². The molecule has 2 aromatic heterocycles. The number of rotatable bonds is 4. The van der Waals surface area contributed by atoms with Crippen LogP contribution in [0.15, 0.2) is 36.5 Å². The second-order valence-electron chi connectivity index (χ2n) is 6.57. The van der Waals surface area contributed by atoms with Gasteiger partial charge >= 0.3 is 0 Å². The lowest BCUT2D eigenvalue weighted by atomic mass is 9.96. The number of nitrogens with one attached hydrogen (secondary N) is 1. The van der Waals surface area contributed by atoms with Crippen molar-refractivity contribution in [2.45, 2.75) is 18.8 Å². The third-order valence-electron chi connectivity index (χ3n) is 4.84. The van der Waals surface area contributed by atoms with Crippen LogP contribution in [0.4, 0.5) is 4.39 Å². The van der Waals surface area contributed by atoms with E-state index in [0.29, 0.717) is 11.7 Å². The van der Waals surface area contributed by atoms with Gasteiger partial charge in [0.05, 0.1) is 17.2 Å². The molecule has 0 aliphatic carbocycles. The first-order valence-electron chi connectivity index (χ1n) is 8.56. The highest BCUT2D eigenvalue weighted by Crippen LogP contribution is 2.29. The Morgan fingerprint density at radius 1 is 1.26 bits per heavy atom. The predicted molar refractivity (Wildman–Crippen MR) is 106 cm³/mol. The molecular formula is C19H24ClFN4O2. The Bertz CT molecular complexity index is 881. The summed E-state index contributed by atoms with van der Waals surface area (Å²) in [7, 11) is 2.15. The van der Waals surface area contributed by atoms with Gasteiger partial charge in [0.2, 0.25) is 6.86 Å². The van der Waals surface area contributed by atoms with E-state index in [0.717, 1.165) is 54.0 Å². The first-order chi connectivity index (χ1) is 12.2. The standard InChI is InChI=1S/C19H21FN4O.ClH.H2O/c1-24-7-5-13(6-8-24)19-21-11-18-17(23-19)10-16(22-18)14-3-2-4-15(9-14)25-12-20;;/h2-4,9-11,13,22H,5-8,12H2,1H3;1H;1H2. The molecule has 1 aliphatic heterocycles. The topological polar surface area (TPSA) is 85.5 Å². The number of aromatic nitrogens is 3. The number of hydrogen-bond donors (Lipinski definition) is 1. The number of H-pyrrole nitrogens is 1. The Morgan fingerprint density at radius 3 is 2.78 bits per heavy atom. The molecule has 146 valence electrons. The number of halogens is 2. The lowest BCUT2D eigenvalue weighted by molar-refractivity contribution is 0.192. The average molecular weight is 395 g/mol. The number of benzene rings is 1. The number of piperidine rings is 1. The van der Waals surface area contributed by atoms with Gasteiger partial charge in [0.25, 0.3) is 0 Å². The minimum Gasteiger partial charge on any atom is -0.463 e. The molecule has 27 heavy (non-hydrogen) atoms. The van der Waals surface area contributed by atoms with E-state index >= 15 is 0 Å². The molecule has 3 aromatic rings. The molecule has 8 heteroatoms. The molecule has 3 heterocycles. The van der Waals surface area contributed by atoms with Gasteiger partial charge in [0.1, 0.15) is 11.6 Å². The number of aromatic amines is 1. The molecule has 0 bridgehead atoms. The summed E-state index contributed by atoms with van der Waals surface area (Å²) >= 11 is 0. The number of fused-ring (bicyclic) bond motifs is 1.